The number of sulfonamides is 1. The number of piperidine rings is 1. The first kappa shape index (κ1) is 22.2. The molecule has 1 unspecified atom stereocenters. The second-order valence-corrected chi connectivity index (χ2v) is 9.20. The van der Waals surface area contributed by atoms with E-state index in [4.69, 9.17) is 16.3 Å². The first-order valence-electron chi connectivity index (χ1n) is 9.23. The van der Waals surface area contributed by atoms with Crippen LogP contribution in [0.25, 0.3) is 0 Å². The Bertz CT molecular complexity index is 1030. The lowest BCUT2D eigenvalue weighted by Crippen LogP contribution is -2.43. The Kier molecular flexibility index (Phi) is 7.06. The van der Waals surface area contributed by atoms with Gasteiger partial charge in [-0.1, -0.05) is 17.7 Å². The number of ether oxygens (including phenoxy) is 1. The van der Waals surface area contributed by atoms with Gasteiger partial charge >= 0.3 is 5.97 Å². The third kappa shape index (κ3) is 5.56. The van der Waals surface area contributed by atoms with Gasteiger partial charge in [0.15, 0.2) is 6.61 Å². The number of esters is 1. The Morgan fingerprint density at radius 3 is 2.63 bits per heavy atom. The van der Waals surface area contributed by atoms with E-state index >= 15 is 0 Å². The number of carbonyl (C=O) groups is 2. The number of hydrogen-bond acceptors (Lipinski definition) is 5. The van der Waals surface area contributed by atoms with Crippen molar-refractivity contribution in [3.05, 3.63) is 59.4 Å². The Morgan fingerprint density at radius 1 is 1.20 bits per heavy atom. The molecular weight excluding hydrogens is 435 g/mol. The third-order valence-electron chi connectivity index (χ3n) is 4.62. The van der Waals surface area contributed by atoms with E-state index in [0.29, 0.717) is 17.9 Å². The third-order valence-corrected chi connectivity index (χ3v) is 6.75. The largest absolute Gasteiger partial charge is 0.455 e. The van der Waals surface area contributed by atoms with E-state index in [9.17, 15) is 22.4 Å². The van der Waals surface area contributed by atoms with Crippen molar-refractivity contribution in [2.24, 2.45) is 5.92 Å². The summed E-state index contributed by atoms with van der Waals surface area (Å²) in [7, 11) is -3.77. The Morgan fingerprint density at radius 2 is 1.93 bits per heavy atom. The molecule has 1 saturated heterocycles. The molecule has 7 nitrogen and oxygen atoms in total. The molecular formula is C20H20ClFN2O5S. The number of nitrogens with zero attached hydrogens (tertiary/aromatic N) is 1. The molecule has 1 aliphatic rings. The highest BCUT2D eigenvalue weighted by molar-refractivity contribution is 7.89. The summed E-state index contributed by atoms with van der Waals surface area (Å²) in [4.78, 5) is 24.4. The summed E-state index contributed by atoms with van der Waals surface area (Å²) in [6.07, 6.45) is 0.944. The first-order valence-corrected chi connectivity index (χ1v) is 11.1. The van der Waals surface area contributed by atoms with E-state index in [1.807, 2.05) is 0 Å². The Hall–Kier alpha value is -2.49. The van der Waals surface area contributed by atoms with Crippen LogP contribution in [0.4, 0.5) is 10.1 Å². The minimum atomic E-state index is -3.77. The molecule has 0 bridgehead atoms. The zero-order valence-corrected chi connectivity index (χ0v) is 17.5. The van der Waals surface area contributed by atoms with Gasteiger partial charge in [-0.2, -0.15) is 4.31 Å². The van der Waals surface area contributed by atoms with Crippen LogP contribution in [0.1, 0.15) is 12.8 Å². The summed E-state index contributed by atoms with van der Waals surface area (Å²) < 4.78 is 45.0. The maximum atomic E-state index is 13.2. The fourth-order valence-corrected chi connectivity index (χ4v) is 4.78. The van der Waals surface area contributed by atoms with Crippen molar-refractivity contribution in [3.63, 3.8) is 0 Å². The topological polar surface area (TPSA) is 92.8 Å². The highest BCUT2D eigenvalue weighted by Gasteiger charge is 2.34. The van der Waals surface area contributed by atoms with Crippen molar-refractivity contribution in [1.82, 2.24) is 4.31 Å². The summed E-state index contributed by atoms with van der Waals surface area (Å²) in [5.74, 6) is -2.45. The molecule has 1 amide bonds. The average molecular weight is 455 g/mol. The molecule has 0 spiro atoms. The van der Waals surface area contributed by atoms with Gasteiger partial charge in [-0.15, -0.1) is 0 Å². The van der Waals surface area contributed by atoms with Gasteiger partial charge in [-0.25, -0.2) is 12.8 Å². The van der Waals surface area contributed by atoms with E-state index in [0.717, 1.165) is 6.07 Å². The van der Waals surface area contributed by atoms with Gasteiger partial charge in [0, 0.05) is 23.8 Å². The summed E-state index contributed by atoms with van der Waals surface area (Å²) in [6.45, 7) is -0.292. The second kappa shape index (κ2) is 9.55. The lowest BCUT2D eigenvalue weighted by Gasteiger charge is -2.30. The fourth-order valence-electron chi connectivity index (χ4n) is 3.13. The molecule has 2 aromatic carbocycles. The molecule has 1 atom stereocenters. The molecule has 3 rings (SSSR count). The molecule has 30 heavy (non-hydrogen) atoms. The number of carbonyl (C=O) groups excluding carboxylic acids is 2. The minimum absolute atomic E-state index is 0.0324. The van der Waals surface area contributed by atoms with E-state index in [2.05, 4.69) is 5.32 Å². The van der Waals surface area contributed by atoms with Crippen molar-refractivity contribution in [3.8, 4) is 0 Å². The number of rotatable bonds is 6. The van der Waals surface area contributed by atoms with Crippen LogP contribution in [0.3, 0.4) is 0 Å². The number of halogens is 2. The Balaban J connectivity index is 1.56. The molecule has 2 aromatic rings. The van der Waals surface area contributed by atoms with Crippen LogP contribution in [-0.4, -0.2) is 44.3 Å². The van der Waals surface area contributed by atoms with Crippen molar-refractivity contribution in [2.75, 3.05) is 25.0 Å². The van der Waals surface area contributed by atoms with Crippen LogP contribution >= 0.6 is 11.6 Å². The molecule has 1 N–H and O–H groups in total. The normalized spacial score (nSPS) is 17.3. The zero-order chi connectivity index (χ0) is 21.7. The van der Waals surface area contributed by atoms with E-state index in [1.54, 1.807) is 0 Å². The molecule has 0 saturated carbocycles. The average Bonchev–Trinajstić information content (AvgIpc) is 2.72. The van der Waals surface area contributed by atoms with Crippen molar-refractivity contribution >= 4 is 39.2 Å². The zero-order valence-electron chi connectivity index (χ0n) is 15.9. The van der Waals surface area contributed by atoms with Crippen LogP contribution in [0, 0.1) is 11.7 Å². The lowest BCUT2D eigenvalue weighted by atomic mass is 10.00. The van der Waals surface area contributed by atoms with Gasteiger partial charge < -0.3 is 10.1 Å². The predicted octanol–water partition coefficient (Wildman–Crippen LogP) is 3.06. The Labute approximate surface area is 178 Å². The lowest BCUT2D eigenvalue weighted by molar-refractivity contribution is -0.152. The number of nitrogens with one attached hydrogen (secondary N) is 1. The number of anilines is 1. The SMILES string of the molecule is O=C(COC(=O)C1CCCN(S(=O)(=O)c2ccc(Cl)cc2)C1)Nc1cccc(F)c1. The van der Waals surface area contributed by atoms with E-state index < -0.39 is 40.2 Å². The van der Waals surface area contributed by atoms with Crippen LogP contribution in [0.5, 0.6) is 0 Å². The van der Waals surface area contributed by atoms with Crippen LogP contribution in [-0.2, 0) is 24.3 Å². The highest BCUT2D eigenvalue weighted by atomic mass is 35.5. The summed E-state index contributed by atoms with van der Waals surface area (Å²) in [6, 6.07) is 11.1. The molecule has 160 valence electrons. The predicted molar refractivity (Wildman–Crippen MR) is 109 cm³/mol. The van der Waals surface area contributed by atoms with Crippen molar-refractivity contribution < 1.29 is 27.1 Å². The van der Waals surface area contributed by atoms with Gasteiger partial charge in [0.25, 0.3) is 5.91 Å². The van der Waals surface area contributed by atoms with E-state index in [1.165, 1.54) is 46.8 Å². The van der Waals surface area contributed by atoms with Gasteiger partial charge in [-0.3, -0.25) is 9.59 Å². The molecule has 1 aliphatic heterocycles. The van der Waals surface area contributed by atoms with Gasteiger partial charge in [0.05, 0.1) is 10.8 Å². The maximum Gasteiger partial charge on any atom is 0.310 e. The maximum absolute atomic E-state index is 13.2. The quantitative estimate of drug-likeness (QED) is 0.677. The second-order valence-electron chi connectivity index (χ2n) is 6.82. The van der Waals surface area contributed by atoms with Crippen LogP contribution in [0.2, 0.25) is 5.02 Å². The van der Waals surface area contributed by atoms with Gasteiger partial charge in [0.2, 0.25) is 10.0 Å². The minimum Gasteiger partial charge on any atom is -0.455 e. The van der Waals surface area contributed by atoms with Crippen molar-refractivity contribution in [1.29, 1.82) is 0 Å². The van der Waals surface area contributed by atoms with Crippen LogP contribution in [0.15, 0.2) is 53.4 Å². The molecule has 1 fully saturated rings. The number of hydrogen-bond donors (Lipinski definition) is 1. The monoisotopic (exact) mass is 454 g/mol. The summed E-state index contributed by atoms with van der Waals surface area (Å²) in [5.41, 5.74) is 0.244. The first-order chi connectivity index (χ1) is 14.3. The van der Waals surface area contributed by atoms with Gasteiger partial charge in [0.1, 0.15) is 5.82 Å². The summed E-state index contributed by atoms with van der Waals surface area (Å²) >= 11 is 5.81. The van der Waals surface area contributed by atoms with Crippen molar-refractivity contribution in [2.45, 2.75) is 17.7 Å². The number of amides is 1. The molecule has 0 radical (unpaired) electrons. The van der Waals surface area contributed by atoms with Crippen LogP contribution < -0.4 is 5.32 Å². The highest BCUT2D eigenvalue weighted by Crippen LogP contribution is 2.25. The smallest absolute Gasteiger partial charge is 0.310 e. The molecule has 1 heterocycles. The molecule has 10 heteroatoms. The molecule has 0 aromatic heterocycles. The molecule has 0 aliphatic carbocycles. The van der Waals surface area contributed by atoms with Gasteiger partial charge in [-0.05, 0) is 55.3 Å². The summed E-state index contributed by atoms with van der Waals surface area (Å²) in [5, 5.41) is 2.85. The van der Waals surface area contributed by atoms with E-state index in [-0.39, 0.29) is 23.7 Å². The number of benzene rings is 2. The standard InChI is InChI=1S/C20H20ClFN2O5S/c21-15-6-8-18(9-7-15)30(27,28)24-10-2-3-14(12-24)20(26)29-13-19(25)23-17-5-1-4-16(22)11-17/h1,4-9,11,14H,2-3,10,12-13H2,(H,23,25). The fraction of sp³-hybridized carbons (Fsp3) is 0.300.